The summed E-state index contributed by atoms with van der Waals surface area (Å²) in [4.78, 5) is 72.9. The van der Waals surface area contributed by atoms with Crippen molar-refractivity contribution in [3.05, 3.63) is 0 Å². The number of carbonyl (C=O) groups excluding carboxylic acids is 4. The molecule has 0 saturated heterocycles. The van der Waals surface area contributed by atoms with Crippen molar-refractivity contribution in [3.8, 4) is 0 Å². The Labute approximate surface area is 619 Å². The first-order valence-corrected chi connectivity index (χ1v) is 45.5. The minimum absolute atomic E-state index is 0.103. The zero-order valence-electron chi connectivity index (χ0n) is 66.2. The van der Waals surface area contributed by atoms with Crippen LogP contribution in [0.2, 0.25) is 0 Å². The minimum Gasteiger partial charge on any atom is -0.462 e. The Bertz CT molecular complexity index is 1940. The Hall–Kier alpha value is -1.94. The van der Waals surface area contributed by atoms with Crippen LogP contribution in [0.5, 0.6) is 0 Å². The van der Waals surface area contributed by atoms with Crippen molar-refractivity contribution >= 4 is 39.5 Å². The molecule has 0 heterocycles. The lowest BCUT2D eigenvalue weighted by Gasteiger charge is -2.21. The first-order chi connectivity index (χ1) is 48.9. The molecule has 0 spiro atoms. The van der Waals surface area contributed by atoms with Crippen LogP contribution in [0.1, 0.15) is 433 Å². The summed E-state index contributed by atoms with van der Waals surface area (Å²) in [6.07, 6.45) is 64.3. The zero-order valence-corrected chi connectivity index (χ0v) is 68.0. The lowest BCUT2D eigenvalue weighted by molar-refractivity contribution is -0.161. The van der Waals surface area contributed by atoms with E-state index in [1.54, 1.807) is 0 Å². The van der Waals surface area contributed by atoms with Crippen LogP contribution in [0.25, 0.3) is 0 Å². The summed E-state index contributed by atoms with van der Waals surface area (Å²) in [6, 6.07) is 0. The standard InChI is InChI=1S/C82H160O17P2/c1-7-10-12-14-16-18-19-20-21-22-23-24-25-26-31-34-37-40-43-47-54-60-66-81(86)98-77(70-93-80(85)65-59-53-46-42-39-36-33-30-28-27-29-32-35-38-41-44-50-56-62-74(4)5)72-96-100(88,89)94-68-76(83)69-95-101(90,91)97-73-78(71-92-79(84)64-58-52-45-17-15-13-11-8-2)99-82(87)67-61-55-49-48-51-57-63-75(6)9-3/h74-78,83H,7-73H2,1-6H3,(H,88,89)(H,90,91)/t75?,76-,77-,78-/m1/s1. The van der Waals surface area contributed by atoms with Crippen LogP contribution in [-0.2, 0) is 65.4 Å². The first kappa shape index (κ1) is 99.1. The van der Waals surface area contributed by atoms with E-state index in [4.69, 9.17) is 37.0 Å². The molecule has 0 aromatic heterocycles. The highest BCUT2D eigenvalue weighted by atomic mass is 31.2. The SMILES string of the molecule is CCCCCCCCCCCCCCCCCCCCCCCCC(=O)O[C@H](COC(=O)CCCCCCCCCCCCCCCCCCCCC(C)C)COP(=O)(O)OC[C@@H](O)COP(=O)(O)OC[C@@H](COC(=O)CCCCCCCCCC)OC(=O)CCCCCCCCC(C)CC. The van der Waals surface area contributed by atoms with Crippen LogP contribution in [-0.4, -0.2) is 96.7 Å². The summed E-state index contributed by atoms with van der Waals surface area (Å²) in [6.45, 7) is 9.59. The Morgan fingerprint density at radius 2 is 0.505 bits per heavy atom. The number of aliphatic hydroxyl groups is 1. The zero-order chi connectivity index (χ0) is 74.2. The van der Waals surface area contributed by atoms with Crippen molar-refractivity contribution in [2.24, 2.45) is 11.8 Å². The predicted octanol–water partition coefficient (Wildman–Crippen LogP) is 24.7. The molecular formula is C82H160O17P2. The maximum absolute atomic E-state index is 13.1. The third-order valence-electron chi connectivity index (χ3n) is 19.6. The van der Waals surface area contributed by atoms with Crippen LogP contribution in [0.3, 0.4) is 0 Å². The summed E-state index contributed by atoms with van der Waals surface area (Å²) in [5, 5.41) is 10.6. The van der Waals surface area contributed by atoms with E-state index in [0.29, 0.717) is 25.7 Å². The smallest absolute Gasteiger partial charge is 0.462 e. The van der Waals surface area contributed by atoms with Gasteiger partial charge in [-0.1, -0.05) is 382 Å². The third-order valence-corrected chi connectivity index (χ3v) is 21.5. The van der Waals surface area contributed by atoms with Gasteiger partial charge in [0.2, 0.25) is 0 Å². The molecule has 0 aliphatic rings. The molecule has 6 atom stereocenters. The largest absolute Gasteiger partial charge is 0.472 e. The average Bonchev–Trinajstić information content (AvgIpc) is 1.02. The normalized spacial score (nSPS) is 14.2. The molecule has 101 heavy (non-hydrogen) atoms. The van der Waals surface area contributed by atoms with Gasteiger partial charge in [0.05, 0.1) is 26.4 Å². The summed E-state index contributed by atoms with van der Waals surface area (Å²) in [5.74, 6) is -0.572. The van der Waals surface area contributed by atoms with E-state index < -0.39 is 97.5 Å². The van der Waals surface area contributed by atoms with Gasteiger partial charge < -0.3 is 33.8 Å². The van der Waals surface area contributed by atoms with Crippen molar-refractivity contribution < 1.29 is 80.2 Å². The summed E-state index contributed by atoms with van der Waals surface area (Å²) >= 11 is 0. The summed E-state index contributed by atoms with van der Waals surface area (Å²) in [7, 11) is -9.91. The Morgan fingerprint density at radius 1 is 0.287 bits per heavy atom. The molecule has 0 aromatic carbocycles. The second-order valence-electron chi connectivity index (χ2n) is 30.2. The predicted molar refractivity (Wildman–Crippen MR) is 414 cm³/mol. The number of rotatable bonds is 81. The first-order valence-electron chi connectivity index (χ1n) is 42.5. The average molecular weight is 1480 g/mol. The topological polar surface area (TPSA) is 237 Å². The van der Waals surface area contributed by atoms with E-state index in [-0.39, 0.29) is 25.7 Å². The van der Waals surface area contributed by atoms with Gasteiger partial charge in [-0.3, -0.25) is 37.3 Å². The fraction of sp³-hybridized carbons (Fsp3) is 0.951. The van der Waals surface area contributed by atoms with Crippen LogP contribution in [0.15, 0.2) is 0 Å². The Balaban J connectivity index is 5.14. The molecule has 17 nitrogen and oxygen atoms in total. The molecule has 0 saturated carbocycles. The van der Waals surface area contributed by atoms with E-state index in [0.717, 1.165) is 108 Å². The lowest BCUT2D eigenvalue weighted by Crippen LogP contribution is -2.30. The minimum atomic E-state index is -4.96. The van der Waals surface area contributed by atoms with Gasteiger partial charge in [0.15, 0.2) is 12.2 Å². The highest BCUT2D eigenvalue weighted by molar-refractivity contribution is 7.47. The van der Waals surface area contributed by atoms with Crippen molar-refractivity contribution in [1.82, 2.24) is 0 Å². The van der Waals surface area contributed by atoms with E-state index in [9.17, 15) is 43.2 Å². The number of hydrogen-bond acceptors (Lipinski definition) is 15. The molecule has 0 amide bonds. The highest BCUT2D eigenvalue weighted by Crippen LogP contribution is 2.45. The van der Waals surface area contributed by atoms with E-state index in [1.807, 2.05) is 0 Å². The Kier molecular flexibility index (Phi) is 72.2. The van der Waals surface area contributed by atoms with E-state index in [2.05, 4.69) is 41.5 Å². The number of ether oxygens (including phenoxy) is 4. The van der Waals surface area contributed by atoms with E-state index in [1.165, 1.54) is 244 Å². The molecule has 0 aliphatic carbocycles. The highest BCUT2D eigenvalue weighted by Gasteiger charge is 2.30. The van der Waals surface area contributed by atoms with Gasteiger partial charge >= 0.3 is 39.5 Å². The van der Waals surface area contributed by atoms with Gasteiger partial charge in [-0.2, -0.15) is 0 Å². The van der Waals surface area contributed by atoms with Gasteiger partial charge in [-0.15, -0.1) is 0 Å². The maximum Gasteiger partial charge on any atom is 0.472 e. The van der Waals surface area contributed by atoms with Crippen molar-refractivity contribution in [2.45, 2.75) is 452 Å². The second-order valence-corrected chi connectivity index (χ2v) is 33.1. The molecule has 0 aromatic rings. The summed E-state index contributed by atoms with van der Waals surface area (Å²) in [5.41, 5.74) is 0. The molecule has 600 valence electrons. The quantitative estimate of drug-likeness (QED) is 0.0222. The number of hydrogen-bond donors (Lipinski definition) is 3. The molecule has 19 heteroatoms. The van der Waals surface area contributed by atoms with Crippen LogP contribution >= 0.6 is 15.6 Å². The second kappa shape index (κ2) is 73.6. The third kappa shape index (κ3) is 74.7. The molecule has 3 unspecified atom stereocenters. The number of phosphoric acid groups is 2. The van der Waals surface area contributed by atoms with Gasteiger partial charge in [0, 0.05) is 25.7 Å². The van der Waals surface area contributed by atoms with Crippen LogP contribution < -0.4 is 0 Å². The van der Waals surface area contributed by atoms with Crippen molar-refractivity contribution in [2.75, 3.05) is 39.6 Å². The molecule has 3 N–H and O–H groups in total. The monoisotopic (exact) mass is 1480 g/mol. The number of carbonyl (C=O) groups is 4. The molecular weight excluding hydrogens is 1320 g/mol. The van der Waals surface area contributed by atoms with Crippen LogP contribution in [0, 0.1) is 11.8 Å². The molecule has 0 fully saturated rings. The molecule has 0 rings (SSSR count). The van der Waals surface area contributed by atoms with E-state index >= 15 is 0 Å². The van der Waals surface area contributed by atoms with Gasteiger partial charge in [0.25, 0.3) is 0 Å². The Morgan fingerprint density at radius 3 is 0.752 bits per heavy atom. The molecule has 0 bridgehead atoms. The summed E-state index contributed by atoms with van der Waals surface area (Å²) < 4.78 is 68.6. The van der Waals surface area contributed by atoms with Crippen LogP contribution in [0.4, 0.5) is 0 Å². The fourth-order valence-electron chi connectivity index (χ4n) is 12.7. The maximum atomic E-state index is 13.1. The van der Waals surface area contributed by atoms with Gasteiger partial charge in [-0.25, -0.2) is 9.13 Å². The van der Waals surface area contributed by atoms with Crippen molar-refractivity contribution in [3.63, 3.8) is 0 Å². The lowest BCUT2D eigenvalue weighted by atomic mass is 10.00. The molecule has 0 aliphatic heterocycles. The fourth-order valence-corrected chi connectivity index (χ4v) is 14.3. The number of unbranched alkanes of at least 4 members (excludes halogenated alkanes) is 50. The number of aliphatic hydroxyl groups excluding tert-OH is 1. The molecule has 0 radical (unpaired) electrons. The van der Waals surface area contributed by atoms with Gasteiger partial charge in [0.1, 0.15) is 19.3 Å². The number of esters is 4. The number of phosphoric ester groups is 2. The van der Waals surface area contributed by atoms with Crippen molar-refractivity contribution in [1.29, 1.82) is 0 Å². The van der Waals surface area contributed by atoms with Gasteiger partial charge in [-0.05, 0) is 37.5 Å².